The number of hydrogen-bond donors (Lipinski definition) is 2. The molecule has 1 aliphatic rings. The number of benzene rings is 1. The second kappa shape index (κ2) is 5.78. The van der Waals surface area contributed by atoms with E-state index in [4.69, 9.17) is 10.9 Å². The third-order valence-corrected chi connectivity index (χ3v) is 4.95. The summed E-state index contributed by atoms with van der Waals surface area (Å²) in [6.07, 6.45) is 3.78. The number of hydrogen-bond acceptors (Lipinski definition) is 3. The topological polar surface area (TPSA) is 55.9 Å². The zero-order chi connectivity index (χ0) is 15.0. The first kappa shape index (κ1) is 14.5. The molecule has 1 heterocycles. The molecule has 3 atom stereocenters. The Morgan fingerprint density at radius 1 is 1.19 bits per heavy atom. The Hall–Kier alpha value is -1.39. The minimum absolute atomic E-state index is 0.140. The van der Waals surface area contributed by atoms with Crippen molar-refractivity contribution in [3.63, 3.8) is 0 Å². The largest absolute Gasteiger partial charge is 0.271 e. The van der Waals surface area contributed by atoms with Crippen LogP contribution in [-0.2, 0) is 7.05 Å². The number of nitrogens with one attached hydrogen (secondary N) is 1. The van der Waals surface area contributed by atoms with Crippen molar-refractivity contribution in [1.82, 2.24) is 15.2 Å². The fraction of sp³-hybridized carbons (Fsp3) is 0.588. The van der Waals surface area contributed by atoms with Crippen molar-refractivity contribution in [1.29, 1.82) is 0 Å². The molecule has 0 amide bonds. The minimum atomic E-state index is 0.140. The SMILES string of the molecule is CC1CC(C)CC(C(NN)c2nn(C)c3ccccc23)C1. The van der Waals surface area contributed by atoms with Gasteiger partial charge in [-0.05, 0) is 43.1 Å². The van der Waals surface area contributed by atoms with E-state index in [0.29, 0.717) is 5.92 Å². The Kier molecular flexibility index (Phi) is 4.00. The van der Waals surface area contributed by atoms with Crippen LogP contribution in [0.2, 0.25) is 0 Å². The number of nitrogens with two attached hydrogens (primary N) is 1. The number of fused-ring (bicyclic) bond motifs is 1. The van der Waals surface area contributed by atoms with Gasteiger partial charge in [0, 0.05) is 12.4 Å². The maximum absolute atomic E-state index is 5.93. The minimum Gasteiger partial charge on any atom is -0.271 e. The van der Waals surface area contributed by atoms with Crippen LogP contribution in [0.5, 0.6) is 0 Å². The average Bonchev–Trinajstić information content (AvgIpc) is 2.77. The Morgan fingerprint density at radius 2 is 1.86 bits per heavy atom. The molecule has 0 saturated heterocycles. The summed E-state index contributed by atoms with van der Waals surface area (Å²) in [7, 11) is 2.01. The highest BCUT2D eigenvalue weighted by Crippen LogP contribution is 2.40. The van der Waals surface area contributed by atoms with Gasteiger partial charge in [0.25, 0.3) is 0 Å². The summed E-state index contributed by atoms with van der Waals surface area (Å²) in [6.45, 7) is 4.71. The molecule has 114 valence electrons. The van der Waals surface area contributed by atoms with Gasteiger partial charge in [-0.2, -0.15) is 5.10 Å². The smallest absolute Gasteiger partial charge is 0.0888 e. The number of hydrazine groups is 1. The van der Waals surface area contributed by atoms with Crippen LogP contribution in [0.25, 0.3) is 10.9 Å². The summed E-state index contributed by atoms with van der Waals surface area (Å²) in [6, 6.07) is 8.54. The van der Waals surface area contributed by atoms with E-state index < -0.39 is 0 Å². The highest BCUT2D eigenvalue weighted by molar-refractivity contribution is 5.82. The third-order valence-electron chi connectivity index (χ3n) is 4.95. The second-order valence-corrected chi connectivity index (χ2v) is 6.85. The fourth-order valence-electron chi connectivity index (χ4n) is 4.19. The first-order valence-corrected chi connectivity index (χ1v) is 7.98. The monoisotopic (exact) mass is 286 g/mol. The normalized spacial score (nSPS) is 27.9. The lowest BCUT2D eigenvalue weighted by Gasteiger charge is -2.35. The third kappa shape index (κ3) is 2.70. The molecule has 0 radical (unpaired) electrons. The van der Waals surface area contributed by atoms with E-state index in [-0.39, 0.29) is 6.04 Å². The molecular formula is C17H26N4. The van der Waals surface area contributed by atoms with Crippen LogP contribution in [0.15, 0.2) is 24.3 Å². The van der Waals surface area contributed by atoms with Gasteiger partial charge in [0.1, 0.15) is 0 Å². The number of aromatic nitrogens is 2. The van der Waals surface area contributed by atoms with Gasteiger partial charge in [-0.3, -0.25) is 16.0 Å². The molecule has 1 aromatic heterocycles. The lowest BCUT2D eigenvalue weighted by Crippen LogP contribution is -2.37. The van der Waals surface area contributed by atoms with Gasteiger partial charge >= 0.3 is 0 Å². The lowest BCUT2D eigenvalue weighted by atomic mass is 9.73. The van der Waals surface area contributed by atoms with Crippen molar-refractivity contribution in [2.75, 3.05) is 0 Å². The summed E-state index contributed by atoms with van der Waals surface area (Å²) in [4.78, 5) is 0. The van der Waals surface area contributed by atoms with Crippen LogP contribution >= 0.6 is 0 Å². The summed E-state index contributed by atoms with van der Waals surface area (Å²) < 4.78 is 1.96. The van der Waals surface area contributed by atoms with Crippen molar-refractivity contribution in [2.24, 2.45) is 30.6 Å². The molecule has 0 spiro atoms. The van der Waals surface area contributed by atoms with Gasteiger partial charge in [-0.1, -0.05) is 32.0 Å². The summed E-state index contributed by atoms with van der Waals surface area (Å²) in [5, 5.41) is 5.98. The van der Waals surface area contributed by atoms with Crippen molar-refractivity contribution in [3.05, 3.63) is 30.0 Å². The Labute approximate surface area is 126 Å². The number of para-hydroxylation sites is 1. The Morgan fingerprint density at radius 3 is 2.52 bits per heavy atom. The molecule has 4 nitrogen and oxygen atoms in total. The van der Waals surface area contributed by atoms with Crippen molar-refractivity contribution in [2.45, 2.75) is 39.2 Å². The maximum Gasteiger partial charge on any atom is 0.0888 e. The van der Waals surface area contributed by atoms with Gasteiger partial charge in [0.05, 0.1) is 17.3 Å². The van der Waals surface area contributed by atoms with Crippen LogP contribution in [0.4, 0.5) is 0 Å². The first-order chi connectivity index (χ1) is 10.1. The molecule has 3 rings (SSSR count). The van der Waals surface area contributed by atoms with E-state index in [0.717, 1.165) is 17.5 Å². The molecule has 1 aliphatic carbocycles. The predicted molar refractivity (Wildman–Crippen MR) is 86.4 cm³/mol. The van der Waals surface area contributed by atoms with Crippen LogP contribution in [0.3, 0.4) is 0 Å². The van der Waals surface area contributed by atoms with Crippen LogP contribution in [0.1, 0.15) is 44.8 Å². The van der Waals surface area contributed by atoms with Crippen LogP contribution in [0, 0.1) is 17.8 Å². The molecule has 4 heteroatoms. The highest BCUT2D eigenvalue weighted by Gasteiger charge is 2.32. The molecule has 1 aromatic carbocycles. The van der Waals surface area contributed by atoms with Gasteiger partial charge in [-0.25, -0.2) is 0 Å². The molecule has 3 unspecified atom stereocenters. The van der Waals surface area contributed by atoms with E-state index >= 15 is 0 Å². The first-order valence-electron chi connectivity index (χ1n) is 7.98. The molecule has 0 aliphatic heterocycles. The van der Waals surface area contributed by atoms with Gasteiger partial charge < -0.3 is 0 Å². The van der Waals surface area contributed by atoms with E-state index in [1.807, 2.05) is 11.7 Å². The predicted octanol–water partition coefficient (Wildman–Crippen LogP) is 3.15. The van der Waals surface area contributed by atoms with Crippen molar-refractivity contribution >= 4 is 10.9 Å². The maximum atomic E-state index is 5.93. The zero-order valence-electron chi connectivity index (χ0n) is 13.2. The zero-order valence-corrected chi connectivity index (χ0v) is 13.2. The van der Waals surface area contributed by atoms with Gasteiger partial charge in [0.15, 0.2) is 0 Å². The summed E-state index contributed by atoms with van der Waals surface area (Å²) in [5.41, 5.74) is 5.33. The molecule has 1 fully saturated rings. The number of aryl methyl sites for hydroxylation is 1. The fourth-order valence-corrected chi connectivity index (χ4v) is 4.19. The Balaban J connectivity index is 1.98. The van der Waals surface area contributed by atoms with E-state index in [9.17, 15) is 0 Å². The van der Waals surface area contributed by atoms with Gasteiger partial charge in [0.2, 0.25) is 0 Å². The number of nitrogens with zero attached hydrogens (tertiary/aromatic N) is 2. The number of rotatable bonds is 3. The standard InChI is InChI=1S/C17H26N4/c1-11-8-12(2)10-13(9-11)16(19-18)17-14-6-4-5-7-15(14)21(3)20-17/h4-7,11-13,16,19H,8-10,18H2,1-3H3. The van der Waals surface area contributed by atoms with E-state index in [1.54, 1.807) is 0 Å². The average molecular weight is 286 g/mol. The van der Waals surface area contributed by atoms with Crippen molar-refractivity contribution < 1.29 is 0 Å². The van der Waals surface area contributed by atoms with E-state index in [2.05, 4.69) is 43.5 Å². The molecule has 0 bridgehead atoms. The van der Waals surface area contributed by atoms with E-state index in [1.165, 1.54) is 30.2 Å². The molecule has 3 N–H and O–H groups in total. The Bertz CT molecular complexity index is 608. The van der Waals surface area contributed by atoms with Crippen molar-refractivity contribution in [3.8, 4) is 0 Å². The molecule has 2 aromatic rings. The summed E-state index contributed by atoms with van der Waals surface area (Å²) in [5.74, 6) is 8.03. The molecule has 1 saturated carbocycles. The van der Waals surface area contributed by atoms with Crippen LogP contribution in [-0.4, -0.2) is 9.78 Å². The summed E-state index contributed by atoms with van der Waals surface area (Å²) >= 11 is 0. The highest BCUT2D eigenvalue weighted by atomic mass is 15.3. The van der Waals surface area contributed by atoms with Crippen LogP contribution < -0.4 is 11.3 Å². The lowest BCUT2D eigenvalue weighted by molar-refractivity contribution is 0.175. The molecular weight excluding hydrogens is 260 g/mol. The molecule has 21 heavy (non-hydrogen) atoms. The second-order valence-electron chi connectivity index (χ2n) is 6.85. The quantitative estimate of drug-likeness (QED) is 0.673. The van der Waals surface area contributed by atoms with Gasteiger partial charge in [-0.15, -0.1) is 0 Å².